The lowest BCUT2D eigenvalue weighted by Gasteiger charge is -2.11. The number of aliphatic hydroxyl groups excluding tert-OH is 1. The molecule has 1 aliphatic carbocycles. The standard InChI is InChI=1S/C29H26N6O2/c1-17-6-9-19-4-2-3-5-23(19)24(17)29(37)31-15-18-7-10-20(11-8-18)26-25-27(30)32-16-33-28(25)35(34-26)21-12-13-22(36)14-21/h2-13,16,21-22,36H,14-15H2,1H3,(H,31,37)(H2,30,32,33). The second-order valence-corrected chi connectivity index (χ2v) is 9.36. The summed E-state index contributed by atoms with van der Waals surface area (Å²) >= 11 is 0. The number of hydrogen-bond acceptors (Lipinski definition) is 6. The van der Waals surface area contributed by atoms with E-state index in [-0.39, 0.29) is 11.9 Å². The molecule has 0 saturated carbocycles. The van der Waals surface area contributed by atoms with Gasteiger partial charge in [-0.3, -0.25) is 4.79 Å². The first-order valence-corrected chi connectivity index (χ1v) is 12.2. The summed E-state index contributed by atoms with van der Waals surface area (Å²) in [5.74, 6) is 0.260. The van der Waals surface area contributed by atoms with E-state index in [0.717, 1.165) is 27.5 Å². The Balaban J connectivity index is 1.26. The lowest BCUT2D eigenvalue weighted by molar-refractivity contribution is 0.0952. The molecule has 5 aromatic rings. The number of carbonyl (C=O) groups is 1. The summed E-state index contributed by atoms with van der Waals surface area (Å²) in [6, 6.07) is 19.7. The largest absolute Gasteiger partial charge is 0.389 e. The van der Waals surface area contributed by atoms with Crippen molar-refractivity contribution >= 4 is 33.5 Å². The number of nitrogen functional groups attached to an aromatic ring is 1. The van der Waals surface area contributed by atoms with Crippen molar-refractivity contribution in [1.82, 2.24) is 25.1 Å². The first-order valence-electron chi connectivity index (χ1n) is 12.2. The minimum atomic E-state index is -0.501. The minimum Gasteiger partial charge on any atom is -0.389 e. The molecular formula is C29H26N6O2. The normalized spacial score (nSPS) is 17.0. The van der Waals surface area contributed by atoms with E-state index in [0.29, 0.717) is 41.1 Å². The zero-order valence-corrected chi connectivity index (χ0v) is 20.3. The first kappa shape index (κ1) is 22.9. The second-order valence-electron chi connectivity index (χ2n) is 9.36. The summed E-state index contributed by atoms with van der Waals surface area (Å²) in [7, 11) is 0. The Hall–Kier alpha value is -4.56. The maximum atomic E-state index is 13.1. The summed E-state index contributed by atoms with van der Waals surface area (Å²) in [4.78, 5) is 21.7. The van der Waals surface area contributed by atoms with Crippen molar-refractivity contribution in [3.8, 4) is 11.3 Å². The van der Waals surface area contributed by atoms with Crippen molar-refractivity contribution in [2.45, 2.75) is 32.0 Å². The van der Waals surface area contributed by atoms with Crippen LogP contribution in [0.3, 0.4) is 0 Å². The van der Waals surface area contributed by atoms with Crippen molar-refractivity contribution in [3.05, 3.63) is 95.8 Å². The van der Waals surface area contributed by atoms with Gasteiger partial charge in [0.15, 0.2) is 5.65 Å². The Morgan fingerprint density at radius 2 is 1.89 bits per heavy atom. The molecule has 2 unspecified atom stereocenters. The van der Waals surface area contributed by atoms with Gasteiger partial charge in [0.2, 0.25) is 0 Å². The predicted octanol–water partition coefficient (Wildman–Crippen LogP) is 4.33. The number of carbonyl (C=O) groups excluding carboxylic acids is 1. The number of rotatable bonds is 5. The van der Waals surface area contributed by atoms with Crippen LogP contribution in [0.4, 0.5) is 5.82 Å². The van der Waals surface area contributed by atoms with Gasteiger partial charge in [0.1, 0.15) is 17.8 Å². The van der Waals surface area contributed by atoms with Crippen LogP contribution >= 0.6 is 0 Å². The molecule has 4 N–H and O–H groups in total. The van der Waals surface area contributed by atoms with Crippen LogP contribution in [-0.4, -0.2) is 36.9 Å². The minimum absolute atomic E-state index is 0.0974. The van der Waals surface area contributed by atoms with Gasteiger partial charge in [0, 0.05) is 18.5 Å². The molecule has 6 rings (SSSR count). The molecule has 0 saturated heterocycles. The van der Waals surface area contributed by atoms with Gasteiger partial charge < -0.3 is 16.2 Å². The van der Waals surface area contributed by atoms with Crippen molar-refractivity contribution in [1.29, 1.82) is 0 Å². The molecule has 1 aliphatic rings. The average molecular weight is 491 g/mol. The van der Waals surface area contributed by atoms with Gasteiger partial charge >= 0.3 is 0 Å². The van der Waals surface area contributed by atoms with Crippen molar-refractivity contribution in [3.63, 3.8) is 0 Å². The molecule has 2 heterocycles. The van der Waals surface area contributed by atoms with Crippen molar-refractivity contribution in [2.75, 3.05) is 5.73 Å². The molecule has 0 radical (unpaired) electrons. The van der Waals surface area contributed by atoms with Crippen LogP contribution in [0.25, 0.3) is 33.1 Å². The molecule has 0 spiro atoms. The Labute approximate surface area is 213 Å². The van der Waals surface area contributed by atoms with Crippen molar-refractivity contribution in [2.24, 2.45) is 0 Å². The highest BCUT2D eigenvalue weighted by atomic mass is 16.3. The van der Waals surface area contributed by atoms with E-state index in [9.17, 15) is 9.90 Å². The topological polar surface area (TPSA) is 119 Å². The fourth-order valence-corrected chi connectivity index (χ4v) is 5.00. The average Bonchev–Trinajstić information content (AvgIpc) is 3.52. The number of allylic oxidation sites excluding steroid dienone is 1. The molecule has 3 aromatic carbocycles. The lowest BCUT2D eigenvalue weighted by atomic mass is 9.99. The molecule has 0 fully saturated rings. The van der Waals surface area contributed by atoms with Crippen molar-refractivity contribution < 1.29 is 9.90 Å². The third kappa shape index (κ3) is 4.11. The Morgan fingerprint density at radius 1 is 1.08 bits per heavy atom. The number of aliphatic hydroxyl groups is 1. The van der Waals surface area contributed by atoms with Crippen LogP contribution in [0.5, 0.6) is 0 Å². The van der Waals surface area contributed by atoms with Crippen LogP contribution in [0.2, 0.25) is 0 Å². The number of nitrogens with zero attached hydrogens (tertiary/aromatic N) is 4. The van der Waals surface area contributed by atoms with Crippen LogP contribution in [0, 0.1) is 6.92 Å². The molecule has 8 nitrogen and oxygen atoms in total. The number of fused-ring (bicyclic) bond motifs is 2. The van der Waals surface area contributed by atoms with Gasteiger partial charge in [0.25, 0.3) is 5.91 Å². The summed E-state index contributed by atoms with van der Waals surface area (Å²) in [5, 5.41) is 20.5. The van der Waals surface area contributed by atoms with Crippen LogP contribution in [0.1, 0.15) is 33.9 Å². The van der Waals surface area contributed by atoms with Gasteiger partial charge in [-0.15, -0.1) is 0 Å². The molecule has 0 aliphatic heterocycles. The maximum Gasteiger partial charge on any atom is 0.252 e. The van der Waals surface area contributed by atoms with E-state index in [1.807, 2.05) is 73.7 Å². The predicted molar refractivity (Wildman–Crippen MR) is 144 cm³/mol. The number of anilines is 1. The summed E-state index contributed by atoms with van der Waals surface area (Å²) in [6.07, 6.45) is 5.17. The van der Waals surface area contributed by atoms with Crippen LogP contribution in [0.15, 0.2) is 79.1 Å². The van der Waals surface area contributed by atoms with E-state index in [4.69, 9.17) is 10.8 Å². The zero-order valence-electron chi connectivity index (χ0n) is 20.3. The molecule has 2 atom stereocenters. The van der Waals surface area contributed by atoms with E-state index < -0.39 is 6.10 Å². The zero-order chi connectivity index (χ0) is 25.5. The quantitative estimate of drug-likeness (QED) is 0.316. The van der Waals surface area contributed by atoms with E-state index in [1.165, 1.54) is 6.33 Å². The highest BCUT2D eigenvalue weighted by Gasteiger charge is 2.25. The van der Waals surface area contributed by atoms with Gasteiger partial charge in [0.05, 0.1) is 23.1 Å². The van der Waals surface area contributed by atoms with Gasteiger partial charge in [-0.25, -0.2) is 14.6 Å². The van der Waals surface area contributed by atoms with E-state index in [2.05, 4.69) is 15.3 Å². The number of nitrogens with one attached hydrogen (secondary N) is 1. The molecule has 37 heavy (non-hydrogen) atoms. The molecule has 2 aromatic heterocycles. The maximum absolute atomic E-state index is 13.1. The molecule has 8 heteroatoms. The number of hydrogen-bond donors (Lipinski definition) is 3. The molecular weight excluding hydrogens is 464 g/mol. The van der Waals surface area contributed by atoms with Gasteiger partial charge in [-0.2, -0.15) is 5.10 Å². The molecule has 184 valence electrons. The van der Waals surface area contributed by atoms with E-state index >= 15 is 0 Å². The Bertz CT molecular complexity index is 1670. The van der Waals surface area contributed by atoms with E-state index in [1.54, 1.807) is 10.8 Å². The SMILES string of the molecule is Cc1ccc2ccccc2c1C(=O)NCc1ccc(-c2nn(C3C=CC(O)C3)c3ncnc(N)c23)cc1. The van der Waals surface area contributed by atoms with Gasteiger partial charge in [-0.05, 0) is 28.8 Å². The summed E-state index contributed by atoms with van der Waals surface area (Å²) in [6.45, 7) is 2.35. The molecule has 0 bridgehead atoms. The number of amides is 1. The number of benzene rings is 3. The molecule has 1 amide bonds. The third-order valence-corrected chi connectivity index (χ3v) is 6.92. The van der Waals surface area contributed by atoms with Crippen LogP contribution in [-0.2, 0) is 6.54 Å². The van der Waals surface area contributed by atoms with Crippen LogP contribution < -0.4 is 11.1 Å². The first-order chi connectivity index (χ1) is 18.0. The lowest BCUT2D eigenvalue weighted by Crippen LogP contribution is -2.23. The third-order valence-electron chi connectivity index (χ3n) is 6.92. The number of aromatic nitrogens is 4. The fourth-order valence-electron chi connectivity index (χ4n) is 5.00. The Kier molecular flexibility index (Phi) is 5.65. The fraction of sp³-hybridized carbons (Fsp3) is 0.172. The number of aryl methyl sites for hydroxylation is 1. The summed E-state index contributed by atoms with van der Waals surface area (Å²) < 4.78 is 1.80. The Morgan fingerprint density at radius 3 is 2.68 bits per heavy atom. The summed E-state index contributed by atoms with van der Waals surface area (Å²) in [5.41, 5.74) is 11.0. The smallest absolute Gasteiger partial charge is 0.252 e. The highest BCUT2D eigenvalue weighted by Crippen LogP contribution is 2.34. The second kappa shape index (κ2) is 9.15. The number of nitrogens with two attached hydrogens (primary N) is 1. The monoisotopic (exact) mass is 490 g/mol. The van der Waals surface area contributed by atoms with Gasteiger partial charge in [-0.1, -0.05) is 72.8 Å². The highest BCUT2D eigenvalue weighted by molar-refractivity contribution is 6.08.